The van der Waals surface area contributed by atoms with Gasteiger partial charge in [0.2, 0.25) is 0 Å². The fourth-order valence-corrected chi connectivity index (χ4v) is 2.28. The third-order valence-electron chi connectivity index (χ3n) is 3.30. The first kappa shape index (κ1) is 14.1. The highest BCUT2D eigenvalue weighted by atomic mass is 35.5. The number of urea groups is 1. The zero-order valence-corrected chi connectivity index (χ0v) is 11.6. The van der Waals surface area contributed by atoms with Crippen molar-refractivity contribution in [3.05, 3.63) is 29.0 Å². The molecule has 1 aliphatic rings. The molecule has 0 aromatic heterocycles. The van der Waals surface area contributed by atoms with Crippen LogP contribution in [0.4, 0.5) is 14.9 Å². The Balaban J connectivity index is 1.98. The molecule has 0 radical (unpaired) electrons. The Kier molecular flexibility index (Phi) is 4.61. The number of nitrogens with zero attached hydrogens (tertiary/aromatic N) is 2. The number of rotatable bonds is 2. The average Bonchev–Trinajstić information content (AvgIpc) is 2.43. The van der Waals surface area contributed by atoms with Crippen molar-refractivity contribution < 1.29 is 9.18 Å². The summed E-state index contributed by atoms with van der Waals surface area (Å²) in [6, 6.07) is 4.03. The minimum atomic E-state index is -0.520. The zero-order valence-electron chi connectivity index (χ0n) is 10.8. The Bertz CT molecular complexity index is 441. The molecule has 6 heteroatoms. The van der Waals surface area contributed by atoms with E-state index in [1.54, 1.807) is 11.0 Å². The molecule has 1 N–H and O–H groups in total. The number of hydrogen-bond acceptors (Lipinski definition) is 2. The number of likely N-dealkylation sites (N-methyl/N-ethyl adjacent to an activating group) is 1. The topological polar surface area (TPSA) is 35.6 Å². The summed E-state index contributed by atoms with van der Waals surface area (Å²) in [5, 5.41) is 2.75. The van der Waals surface area contributed by atoms with E-state index in [9.17, 15) is 9.18 Å². The normalized spacial score (nSPS) is 16.5. The van der Waals surface area contributed by atoms with Crippen molar-refractivity contribution in [3.8, 4) is 0 Å². The number of para-hydroxylation sites is 1. The van der Waals surface area contributed by atoms with Crippen molar-refractivity contribution in [1.82, 2.24) is 9.80 Å². The molecule has 0 saturated carbocycles. The number of carbonyl (C=O) groups is 1. The second-order valence-corrected chi connectivity index (χ2v) is 4.86. The molecule has 0 atom stereocenters. The maximum Gasteiger partial charge on any atom is 0.322 e. The van der Waals surface area contributed by atoms with Crippen LogP contribution < -0.4 is 5.32 Å². The summed E-state index contributed by atoms with van der Waals surface area (Å²) in [6.07, 6.45) is 0. The molecule has 4 nitrogen and oxygen atoms in total. The van der Waals surface area contributed by atoms with Gasteiger partial charge in [-0.3, -0.25) is 0 Å². The Hall–Kier alpha value is -1.33. The lowest BCUT2D eigenvalue weighted by atomic mass is 10.3. The Morgan fingerprint density at radius 3 is 2.63 bits per heavy atom. The van der Waals surface area contributed by atoms with Crippen LogP contribution in [0.5, 0.6) is 0 Å². The summed E-state index contributed by atoms with van der Waals surface area (Å²) in [6.45, 7) is 6.05. The van der Waals surface area contributed by atoms with Gasteiger partial charge < -0.3 is 15.1 Å². The third-order valence-corrected chi connectivity index (χ3v) is 3.62. The SMILES string of the molecule is CCN1CCN(C(=O)Nc2c(F)cccc2Cl)CC1. The van der Waals surface area contributed by atoms with Gasteiger partial charge in [0.15, 0.2) is 0 Å². The lowest BCUT2D eigenvalue weighted by Crippen LogP contribution is -2.49. The van der Waals surface area contributed by atoms with Crippen LogP contribution in [0.1, 0.15) is 6.92 Å². The van der Waals surface area contributed by atoms with Crippen LogP contribution in [0.25, 0.3) is 0 Å². The van der Waals surface area contributed by atoms with Gasteiger partial charge in [0, 0.05) is 26.2 Å². The molecule has 0 bridgehead atoms. The third kappa shape index (κ3) is 3.36. The number of carbonyl (C=O) groups excluding carboxylic acids is 1. The van der Waals surface area contributed by atoms with Gasteiger partial charge in [-0.15, -0.1) is 0 Å². The molecule has 0 aliphatic carbocycles. The average molecular weight is 286 g/mol. The van der Waals surface area contributed by atoms with E-state index in [1.165, 1.54) is 12.1 Å². The number of halogens is 2. The molecule has 104 valence electrons. The van der Waals surface area contributed by atoms with Crippen molar-refractivity contribution in [3.63, 3.8) is 0 Å². The first-order valence-corrected chi connectivity index (χ1v) is 6.72. The van der Waals surface area contributed by atoms with Crippen LogP contribution in [0.15, 0.2) is 18.2 Å². The first-order chi connectivity index (χ1) is 9.11. The van der Waals surface area contributed by atoms with Crippen LogP contribution in [-0.2, 0) is 0 Å². The zero-order chi connectivity index (χ0) is 13.8. The van der Waals surface area contributed by atoms with Gasteiger partial charge in [-0.25, -0.2) is 9.18 Å². The molecule has 1 saturated heterocycles. The van der Waals surface area contributed by atoms with E-state index in [-0.39, 0.29) is 16.7 Å². The molecule has 1 aliphatic heterocycles. The van der Waals surface area contributed by atoms with Gasteiger partial charge in [0.1, 0.15) is 5.82 Å². The Labute approximate surface area is 117 Å². The van der Waals surface area contributed by atoms with Gasteiger partial charge in [-0.2, -0.15) is 0 Å². The fraction of sp³-hybridized carbons (Fsp3) is 0.462. The van der Waals surface area contributed by atoms with Gasteiger partial charge in [-0.1, -0.05) is 24.6 Å². The predicted molar refractivity (Wildman–Crippen MR) is 74.1 cm³/mol. The molecular weight excluding hydrogens is 269 g/mol. The highest BCUT2D eigenvalue weighted by molar-refractivity contribution is 6.33. The molecule has 0 unspecified atom stereocenters. The highest BCUT2D eigenvalue weighted by Crippen LogP contribution is 2.24. The molecule has 0 spiro atoms. The smallest absolute Gasteiger partial charge is 0.322 e. The number of piperazine rings is 1. The van der Waals surface area contributed by atoms with Crippen LogP contribution in [-0.4, -0.2) is 48.6 Å². The predicted octanol–water partition coefficient (Wildman–Crippen LogP) is 2.65. The molecule has 1 aromatic carbocycles. The van der Waals surface area contributed by atoms with E-state index in [1.807, 2.05) is 0 Å². The van der Waals surface area contributed by atoms with Crippen molar-refractivity contribution >= 4 is 23.3 Å². The summed E-state index contributed by atoms with van der Waals surface area (Å²) >= 11 is 5.88. The second kappa shape index (κ2) is 6.21. The minimum absolute atomic E-state index is 0.0482. The van der Waals surface area contributed by atoms with Gasteiger partial charge in [-0.05, 0) is 18.7 Å². The van der Waals surface area contributed by atoms with Gasteiger partial charge >= 0.3 is 6.03 Å². The minimum Gasteiger partial charge on any atom is -0.322 e. The maximum atomic E-state index is 13.6. The molecule has 1 aromatic rings. The standard InChI is InChI=1S/C13H17ClFN3O/c1-2-17-6-8-18(9-7-17)13(19)16-12-10(14)4-3-5-11(12)15/h3-5H,2,6-9H2,1H3,(H,16,19). The maximum absolute atomic E-state index is 13.6. The second-order valence-electron chi connectivity index (χ2n) is 4.45. The van der Waals surface area contributed by atoms with Crippen molar-refractivity contribution in [2.75, 3.05) is 38.0 Å². The lowest BCUT2D eigenvalue weighted by Gasteiger charge is -2.34. The van der Waals surface area contributed by atoms with E-state index < -0.39 is 5.82 Å². The van der Waals surface area contributed by atoms with Crippen LogP contribution in [0.2, 0.25) is 5.02 Å². The molecule has 1 fully saturated rings. The molecule has 2 rings (SSSR count). The van der Waals surface area contributed by atoms with Crippen LogP contribution >= 0.6 is 11.6 Å². The van der Waals surface area contributed by atoms with E-state index in [0.29, 0.717) is 13.1 Å². The highest BCUT2D eigenvalue weighted by Gasteiger charge is 2.21. The van der Waals surface area contributed by atoms with Crippen LogP contribution in [0.3, 0.4) is 0 Å². The van der Waals surface area contributed by atoms with E-state index in [0.717, 1.165) is 19.6 Å². The fourth-order valence-electron chi connectivity index (χ4n) is 2.07. The molecular formula is C13H17ClFN3O. The summed E-state index contributed by atoms with van der Waals surface area (Å²) in [7, 11) is 0. The largest absolute Gasteiger partial charge is 0.322 e. The van der Waals surface area contributed by atoms with Crippen molar-refractivity contribution in [2.45, 2.75) is 6.92 Å². The number of hydrogen-bond donors (Lipinski definition) is 1. The number of nitrogens with one attached hydrogen (secondary N) is 1. The molecule has 19 heavy (non-hydrogen) atoms. The van der Waals surface area contributed by atoms with E-state index >= 15 is 0 Å². The number of anilines is 1. The Morgan fingerprint density at radius 1 is 1.37 bits per heavy atom. The van der Waals surface area contributed by atoms with Crippen LogP contribution in [0, 0.1) is 5.82 Å². The van der Waals surface area contributed by atoms with E-state index in [2.05, 4.69) is 17.1 Å². The monoisotopic (exact) mass is 285 g/mol. The Morgan fingerprint density at radius 2 is 2.05 bits per heavy atom. The first-order valence-electron chi connectivity index (χ1n) is 6.34. The van der Waals surface area contributed by atoms with Gasteiger partial charge in [0.25, 0.3) is 0 Å². The quantitative estimate of drug-likeness (QED) is 0.907. The summed E-state index contributed by atoms with van der Waals surface area (Å²) < 4.78 is 13.6. The van der Waals surface area contributed by atoms with E-state index in [4.69, 9.17) is 11.6 Å². The van der Waals surface area contributed by atoms with Crippen molar-refractivity contribution in [2.24, 2.45) is 0 Å². The number of amides is 2. The summed E-state index contributed by atoms with van der Waals surface area (Å²) in [5.41, 5.74) is 0.0482. The van der Waals surface area contributed by atoms with Gasteiger partial charge in [0.05, 0.1) is 10.7 Å². The van der Waals surface area contributed by atoms with Crippen molar-refractivity contribution in [1.29, 1.82) is 0 Å². The number of benzene rings is 1. The molecule has 1 heterocycles. The summed E-state index contributed by atoms with van der Waals surface area (Å²) in [5.74, 6) is -0.520. The summed E-state index contributed by atoms with van der Waals surface area (Å²) in [4.78, 5) is 16.0. The molecule has 2 amide bonds. The lowest BCUT2D eigenvalue weighted by molar-refractivity contribution is 0.151.